The van der Waals surface area contributed by atoms with Crippen molar-refractivity contribution in [2.24, 2.45) is 10.8 Å². The quantitative estimate of drug-likeness (QED) is 0.211. The van der Waals surface area contributed by atoms with Crippen molar-refractivity contribution in [2.45, 2.75) is 67.3 Å². The number of aryl methyl sites for hydroxylation is 1. The molecule has 242 valence electrons. The predicted molar refractivity (Wildman–Crippen MR) is 176 cm³/mol. The normalized spacial score (nSPS) is 12.7. The largest absolute Gasteiger partial charge is 0.326 e. The highest BCUT2D eigenvalue weighted by Gasteiger charge is 2.38. The SMILES string of the molecule is CCCCS(=O)(=O)CC(C)(C)C(=O)Nc1ccc(C)c(NC(=O)C(C(=O)C(C)(C)C)n2cncc2C(=O)Nc2ccccc2)c1. The molecule has 1 atom stereocenters. The van der Waals surface area contributed by atoms with Crippen molar-refractivity contribution in [3.05, 3.63) is 72.3 Å². The van der Waals surface area contributed by atoms with Crippen LogP contribution in [0.3, 0.4) is 0 Å². The molecule has 0 saturated heterocycles. The van der Waals surface area contributed by atoms with Gasteiger partial charge >= 0.3 is 0 Å². The highest BCUT2D eigenvalue weighted by Crippen LogP contribution is 2.29. The van der Waals surface area contributed by atoms with E-state index in [9.17, 15) is 27.6 Å². The number of ketones is 1. The molecular formula is C33H43N5O6S. The van der Waals surface area contributed by atoms with Gasteiger partial charge < -0.3 is 20.5 Å². The Morgan fingerprint density at radius 2 is 1.58 bits per heavy atom. The van der Waals surface area contributed by atoms with E-state index < -0.39 is 50.2 Å². The smallest absolute Gasteiger partial charge is 0.273 e. The number of unbranched alkanes of at least 4 members (excludes halogenated alkanes) is 1. The van der Waals surface area contributed by atoms with Crippen molar-refractivity contribution in [2.75, 3.05) is 27.5 Å². The van der Waals surface area contributed by atoms with Gasteiger partial charge in [0.05, 0.1) is 29.4 Å². The highest BCUT2D eigenvalue weighted by atomic mass is 32.2. The fourth-order valence-electron chi connectivity index (χ4n) is 4.57. The van der Waals surface area contributed by atoms with Gasteiger partial charge in [0.2, 0.25) is 5.91 Å². The molecule has 3 amide bonds. The van der Waals surface area contributed by atoms with Gasteiger partial charge in [-0.25, -0.2) is 13.4 Å². The second kappa shape index (κ2) is 14.2. The lowest BCUT2D eigenvalue weighted by atomic mass is 9.85. The number of rotatable bonds is 13. The molecule has 0 fully saturated rings. The number of para-hydroxylation sites is 1. The van der Waals surface area contributed by atoms with Gasteiger partial charge in [0.15, 0.2) is 21.7 Å². The summed E-state index contributed by atoms with van der Waals surface area (Å²) in [5, 5.41) is 8.31. The number of Topliss-reactive ketones (excluding diaryl/α,β-unsaturated/α-hetero) is 1. The van der Waals surface area contributed by atoms with Gasteiger partial charge in [0.25, 0.3) is 11.8 Å². The molecule has 2 aromatic carbocycles. The van der Waals surface area contributed by atoms with Gasteiger partial charge in [0.1, 0.15) is 5.69 Å². The Balaban J connectivity index is 1.88. The molecule has 1 unspecified atom stereocenters. The zero-order valence-corrected chi connectivity index (χ0v) is 27.7. The molecule has 11 nitrogen and oxygen atoms in total. The Morgan fingerprint density at radius 3 is 2.20 bits per heavy atom. The first kappa shape index (κ1) is 35.2. The fourth-order valence-corrected chi connectivity index (χ4v) is 6.68. The number of benzene rings is 2. The summed E-state index contributed by atoms with van der Waals surface area (Å²) >= 11 is 0. The minimum atomic E-state index is -3.43. The van der Waals surface area contributed by atoms with Crippen molar-refractivity contribution in [1.82, 2.24) is 9.55 Å². The zero-order chi connectivity index (χ0) is 33.6. The molecule has 45 heavy (non-hydrogen) atoms. The number of amides is 3. The number of imidazole rings is 1. The van der Waals surface area contributed by atoms with Gasteiger partial charge in [-0.15, -0.1) is 0 Å². The second-order valence-electron chi connectivity index (χ2n) is 12.8. The predicted octanol–water partition coefficient (Wildman–Crippen LogP) is 5.42. The number of hydrogen-bond donors (Lipinski definition) is 3. The number of aromatic nitrogens is 2. The first-order valence-electron chi connectivity index (χ1n) is 14.8. The monoisotopic (exact) mass is 637 g/mol. The van der Waals surface area contributed by atoms with E-state index in [1.807, 2.05) is 13.0 Å². The van der Waals surface area contributed by atoms with Crippen LogP contribution in [0, 0.1) is 17.8 Å². The van der Waals surface area contributed by atoms with E-state index in [4.69, 9.17) is 0 Å². The number of hydrogen-bond acceptors (Lipinski definition) is 7. The van der Waals surface area contributed by atoms with Crippen LogP contribution in [0.1, 0.15) is 76.5 Å². The molecule has 0 spiro atoms. The third-order valence-corrected chi connectivity index (χ3v) is 9.27. The maximum Gasteiger partial charge on any atom is 0.273 e. The molecule has 0 aliphatic rings. The summed E-state index contributed by atoms with van der Waals surface area (Å²) in [5.41, 5.74) is -0.286. The number of carbonyl (C=O) groups excluding carboxylic acids is 4. The minimum Gasteiger partial charge on any atom is -0.326 e. The molecule has 0 aliphatic carbocycles. The Hall–Kier alpha value is -4.32. The van der Waals surface area contributed by atoms with Crippen molar-refractivity contribution in [3.8, 4) is 0 Å². The van der Waals surface area contributed by atoms with Crippen LogP contribution >= 0.6 is 0 Å². The Kier molecular flexibility index (Phi) is 11.1. The van der Waals surface area contributed by atoms with E-state index >= 15 is 0 Å². The molecule has 3 N–H and O–H groups in total. The Morgan fingerprint density at radius 1 is 0.911 bits per heavy atom. The molecule has 3 aromatic rings. The van der Waals surface area contributed by atoms with Crippen LogP contribution in [-0.2, 0) is 24.2 Å². The van der Waals surface area contributed by atoms with Crippen molar-refractivity contribution >= 4 is 50.4 Å². The van der Waals surface area contributed by atoms with Gasteiger partial charge in [-0.3, -0.25) is 19.2 Å². The number of nitrogens with one attached hydrogen (secondary N) is 3. The van der Waals surface area contributed by atoms with Crippen LogP contribution in [0.4, 0.5) is 17.1 Å². The fraction of sp³-hybridized carbons (Fsp3) is 0.424. The Labute approximate surface area is 265 Å². The standard InChI is InChI=1S/C33H43N5O6S/c1-8-9-17-45(43,44)20-33(6,7)31(42)36-24-16-15-22(2)25(18-24)37-30(41)27(28(39)32(3,4)5)38-21-34-19-26(38)29(40)35-23-13-11-10-12-14-23/h10-16,18-19,21,27H,8-9,17,20H2,1-7H3,(H,35,40)(H,36,42)(H,37,41). The van der Waals surface area contributed by atoms with Gasteiger partial charge in [0, 0.05) is 22.5 Å². The summed E-state index contributed by atoms with van der Waals surface area (Å²) in [6.45, 7) is 11.8. The van der Waals surface area contributed by atoms with E-state index in [1.54, 1.807) is 84.0 Å². The highest BCUT2D eigenvalue weighted by molar-refractivity contribution is 7.91. The summed E-state index contributed by atoms with van der Waals surface area (Å²) in [6, 6.07) is 12.2. The average Bonchev–Trinajstić information content (AvgIpc) is 3.43. The lowest BCUT2D eigenvalue weighted by Gasteiger charge is -2.26. The van der Waals surface area contributed by atoms with Crippen molar-refractivity contribution in [1.29, 1.82) is 0 Å². The van der Waals surface area contributed by atoms with E-state index in [-0.39, 0.29) is 17.2 Å². The van der Waals surface area contributed by atoms with Crippen molar-refractivity contribution in [3.63, 3.8) is 0 Å². The lowest BCUT2D eigenvalue weighted by molar-refractivity contribution is -0.135. The van der Waals surface area contributed by atoms with E-state index in [0.29, 0.717) is 29.0 Å². The molecule has 1 heterocycles. The summed E-state index contributed by atoms with van der Waals surface area (Å²) < 4.78 is 26.3. The summed E-state index contributed by atoms with van der Waals surface area (Å²) in [6.07, 6.45) is 3.82. The van der Waals surface area contributed by atoms with Crippen LogP contribution in [0.5, 0.6) is 0 Å². The van der Waals surface area contributed by atoms with Crippen LogP contribution in [-0.4, -0.2) is 53.0 Å². The van der Waals surface area contributed by atoms with E-state index in [1.165, 1.54) is 17.1 Å². The molecular weight excluding hydrogens is 594 g/mol. The van der Waals surface area contributed by atoms with E-state index in [0.717, 1.165) is 6.42 Å². The number of sulfone groups is 1. The van der Waals surface area contributed by atoms with Crippen LogP contribution in [0.2, 0.25) is 0 Å². The second-order valence-corrected chi connectivity index (χ2v) is 15.0. The molecule has 0 radical (unpaired) electrons. The first-order chi connectivity index (χ1) is 20.9. The zero-order valence-electron chi connectivity index (χ0n) is 26.9. The van der Waals surface area contributed by atoms with Crippen LogP contribution in [0.15, 0.2) is 61.1 Å². The van der Waals surface area contributed by atoms with Crippen molar-refractivity contribution < 1.29 is 27.6 Å². The summed E-state index contributed by atoms with van der Waals surface area (Å²) in [5.74, 6) is -2.46. The summed E-state index contributed by atoms with van der Waals surface area (Å²) in [4.78, 5) is 57.9. The topological polar surface area (TPSA) is 156 Å². The van der Waals surface area contributed by atoms with E-state index in [2.05, 4.69) is 20.9 Å². The lowest BCUT2D eigenvalue weighted by Crippen LogP contribution is -2.40. The molecule has 0 bridgehead atoms. The number of carbonyl (C=O) groups is 4. The molecule has 12 heteroatoms. The average molecular weight is 638 g/mol. The van der Waals surface area contributed by atoms with Crippen LogP contribution < -0.4 is 16.0 Å². The van der Waals surface area contributed by atoms with Gasteiger partial charge in [-0.1, -0.05) is 72.2 Å². The summed E-state index contributed by atoms with van der Waals surface area (Å²) in [7, 11) is -3.43. The Bertz CT molecular complexity index is 1660. The molecule has 0 aliphatic heterocycles. The van der Waals surface area contributed by atoms with Gasteiger partial charge in [-0.05, 0) is 43.2 Å². The third kappa shape index (κ3) is 9.34. The van der Waals surface area contributed by atoms with Crippen LogP contribution in [0.25, 0.3) is 0 Å². The number of nitrogens with zero attached hydrogens (tertiary/aromatic N) is 2. The maximum absolute atomic E-state index is 13.9. The van der Waals surface area contributed by atoms with Gasteiger partial charge in [-0.2, -0.15) is 0 Å². The number of anilines is 3. The molecule has 3 rings (SSSR count). The molecule has 1 aromatic heterocycles. The first-order valence-corrected chi connectivity index (χ1v) is 16.6. The maximum atomic E-state index is 13.9. The molecule has 0 saturated carbocycles. The third-order valence-electron chi connectivity index (χ3n) is 7.20. The minimum absolute atomic E-state index is 0.0158.